The number of benzene rings is 2. The Bertz CT molecular complexity index is 1000. The normalized spacial score (nSPS) is 15.9. The first-order chi connectivity index (χ1) is 14.3. The summed E-state index contributed by atoms with van der Waals surface area (Å²) in [4.78, 5) is 38.0. The lowest BCUT2D eigenvalue weighted by Crippen LogP contribution is -2.43. The quantitative estimate of drug-likeness (QED) is 0.406. The van der Waals surface area contributed by atoms with Crippen LogP contribution < -0.4 is 14.4 Å². The van der Waals surface area contributed by atoms with Crippen LogP contribution in [0, 0.1) is 10.1 Å². The van der Waals surface area contributed by atoms with Gasteiger partial charge in [-0.3, -0.25) is 14.9 Å². The molecule has 1 heterocycles. The van der Waals surface area contributed by atoms with Gasteiger partial charge in [0.1, 0.15) is 5.56 Å². The SMILES string of the molecule is COc1cc(C(=O)O[C@@H](C)C(=O)N2c3ccccc3C[C@H]2C)c([N+](=O)[O-])cc1OC. The van der Waals surface area contributed by atoms with E-state index in [1.165, 1.54) is 27.2 Å². The van der Waals surface area contributed by atoms with Gasteiger partial charge in [0.2, 0.25) is 0 Å². The Labute approximate surface area is 173 Å². The highest BCUT2D eigenvalue weighted by molar-refractivity contribution is 6.02. The fourth-order valence-electron chi connectivity index (χ4n) is 3.55. The third-order valence-corrected chi connectivity index (χ3v) is 4.99. The van der Waals surface area contributed by atoms with E-state index >= 15 is 0 Å². The number of nitrogens with zero attached hydrogens (tertiary/aromatic N) is 2. The highest BCUT2D eigenvalue weighted by Gasteiger charge is 2.35. The van der Waals surface area contributed by atoms with Gasteiger partial charge in [-0.1, -0.05) is 18.2 Å². The Balaban J connectivity index is 1.85. The van der Waals surface area contributed by atoms with E-state index in [2.05, 4.69) is 0 Å². The maximum absolute atomic E-state index is 13.0. The summed E-state index contributed by atoms with van der Waals surface area (Å²) >= 11 is 0. The third-order valence-electron chi connectivity index (χ3n) is 4.99. The predicted molar refractivity (Wildman–Crippen MR) is 108 cm³/mol. The number of fused-ring (bicyclic) bond motifs is 1. The molecule has 0 saturated carbocycles. The number of nitro benzene ring substituents is 1. The molecule has 0 unspecified atom stereocenters. The maximum Gasteiger partial charge on any atom is 0.346 e. The fraction of sp³-hybridized carbons (Fsp3) is 0.333. The van der Waals surface area contributed by atoms with Crippen LogP contribution in [0.15, 0.2) is 36.4 Å². The molecule has 2 aromatic rings. The lowest BCUT2D eigenvalue weighted by molar-refractivity contribution is -0.385. The van der Waals surface area contributed by atoms with E-state index in [9.17, 15) is 19.7 Å². The van der Waals surface area contributed by atoms with Crippen LogP contribution in [0.25, 0.3) is 0 Å². The molecule has 0 saturated heterocycles. The van der Waals surface area contributed by atoms with Crippen molar-refractivity contribution in [2.45, 2.75) is 32.4 Å². The van der Waals surface area contributed by atoms with Crippen LogP contribution in [0.4, 0.5) is 11.4 Å². The molecule has 30 heavy (non-hydrogen) atoms. The molecule has 0 fully saturated rings. The molecule has 158 valence electrons. The summed E-state index contributed by atoms with van der Waals surface area (Å²) < 4.78 is 15.5. The number of rotatable bonds is 6. The van der Waals surface area contributed by atoms with Gasteiger partial charge in [0.25, 0.3) is 11.6 Å². The summed E-state index contributed by atoms with van der Waals surface area (Å²) in [5, 5.41) is 11.4. The number of para-hydroxylation sites is 1. The Morgan fingerprint density at radius 2 is 1.80 bits per heavy atom. The van der Waals surface area contributed by atoms with E-state index in [-0.39, 0.29) is 23.1 Å². The number of hydrogen-bond donors (Lipinski definition) is 0. The van der Waals surface area contributed by atoms with Crippen LogP contribution in [0.5, 0.6) is 11.5 Å². The van der Waals surface area contributed by atoms with Gasteiger partial charge in [0, 0.05) is 17.8 Å². The van der Waals surface area contributed by atoms with Gasteiger partial charge in [-0.25, -0.2) is 4.79 Å². The minimum Gasteiger partial charge on any atom is -0.493 e. The van der Waals surface area contributed by atoms with Crippen molar-refractivity contribution in [2.75, 3.05) is 19.1 Å². The molecule has 1 aliphatic heterocycles. The van der Waals surface area contributed by atoms with Crippen LogP contribution in [0.2, 0.25) is 0 Å². The van der Waals surface area contributed by atoms with E-state index in [4.69, 9.17) is 14.2 Å². The standard InChI is InChI=1S/C21H22N2O7/c1-12-9-14-7-5-6-8-16(14)22(12)20(24)13(2)30-21(25)15-10-18(28-3)19(29-4)11-17(15)23(26)27/h5-8,10-13H,9H2,1-4H3/t12-,13+/m1/s1. The van der Waals surface area contributed by atoms with Crippen molar-refractivity contribution in [3.05, 3.63) is 57.6 Å². The smallest absolute Gasteiger partial charge is 0.346 e. The molecule has 0 aliphatic carbocycles. The Hall–Kier alpha value is -3.62. The van der Waals surface area contributed by atoms with E-state index in [1.54, 1.807) is 4.90 Å². The number of anilines is 1. The van der Waals surface area contributed by atoms with E-state index in [0.29, 0.717) is 6.42 Å². The van der Waals surface area contributed by atoms with Gasteiger partial charge in [0.15, 0.2) is 17.6 Å². The fourth-order valence-corrected chi connectivity index (χ4v) is 3.55. The van der Waals surface area contributed by atoms with Crippen LogP contribution in [0.3, 0.4) is 0 Å². The van der Waals surface area contributed by atoms with Crippen LogP contribution in [-0.2, 0) is 16.0 Å². The maximum atomic E-state index is 13.0. The summed E-state index contributed by atoms with van der Waals surface area (Å²) in [7, 11) is 2.67. The number of nitro groups is 1. The summed E-state index contributed by atoms with van der Waals surface area (Å²) in [6.07, 6.45) is -0.442. The molecule has 3 rings (SSSR count). The van der Waals surface area contributed by atoms with Gasteiger partial charge in [-0.05, 0) is 31.9 Å². The zero-order chi connectivity index (χ0) is 22.0. The second kappa shape index (κ2) is 8.40. The molecular weight excluding hydrogens is 392 g/mol. The topological polar surface area (TPSA) is 108 Å². The molecule has 1 amide bonds. The molecule has 0 aromatic heterocycles. The first kappa shape index (κ1) is 21.1. The number of hydrogen-bond acceptors (Lipinski definition) is 7. The number of ether oxygens (including phenoxy) is 3. The lowest BCUT2D eigenvalue weighted by Gasteiger charge is -2.26. The van der Waals surface area contributed by atoms with Crippen molar-refractivity contribution in [1.29, 1.82) is 0 Å². The van der Waals surface area contributed by atoms with Gasteiger partial charge in [0.05, 0.1) is 25.2 Å². The van der Waals surface area contributed by atoms with Gasteiger partial charge >= 0.3 is 5.97 Å². The molecule has 2 aromatic carbocycles. The summed E-state index contributed by atoms with van der Waals surface area (Å²) in [6, 6.07) is 9.68. The van der Waals surface area contributed by atoms with Crippen molar-refractivity contribution < 1.29 is 28.7 Å². The second-order valence-electron chi connectivity index (χ2n) is 6.92. The molecule has 9 nitrogen and oxygen atoms in total. The largest absolute Gasteiger partial charge is 0.493 e. The number of esters is 1. The van der Waals surface area contributed by atoms with Gasteiger partial charge < -0.3 is 19.1 Å². The molecule has 0 bridgehead atoms. The second-order valence-corrected chi connectivity index (χ2v) is 6.92. The van der Waals surface area contributed by atoms with Crippen molar-refractivity contribution in [2.24, 2.45) is 0 Å². The number of carbonyl (C=O) groups excluding carboxylic acids is 2. The van der Waals surface area contributed by atoms with Gasteiger partial charge in [-0.2, -0.15) is 0 Å². The number of carbonyl (C=O) groups is 2. The van der Waals surface area contributed by atoms with Gasteiger partial charge in [-0.15, -0.1) is 0 Å². The van der Waals surface area contributed by atoms with E-state index in [1.807, 2.05) is 31.2 Å². The predicted octanol–water partition coefficient (Wildman–Crippen LogP) is 3.14. The molecule has 0 radical (unpaired) electrons. The molecule has 2 atom stereocenters. The van der Waals surface area contributed by atoms with Crippen LogP contribution in [0.1, 0.15) is 29.8 Å². The average molecular weight is 414 g/mol. The third kappa shape index (κ3) is 3.78. The molecule has 1 aliphatic rings. The highest BCUT2D eigenvalue weighted by Crippen LogP contribution is 2.36. The first-order valence-corrected chi connectivity index (χ1v) is 9.30. The summed E-state index contributed by atoms with van der Waals surface area (Å²) in [6.45, 7) is 3.35. The minimum atomic E-state index is -1.14. The average Bonchev–Trinajstić information content (AvgIpc) is 3.07. The van der Waals surface area contributed by atoms with Crippen LogP contribution >= 0.6 is 0 Å². The minimum absolute atomic E-state index is 0.0912. The monoisotopic (exact) mass is 414 g/mol. The van der Waals surface area contributed by atoms with Crippen molar-refractivity contribution in [3.63, 3.8) is 0 Å². The zero-order valence-corrected chi connectivity index (χ0v) is 17.1. The van der Waals surface area contributed by atoms with Crippen molar-refractivity contribution >= 4 is 23.3 Å². The summed E-state index contributed by atoms with van der Waals surface area (Å²) in [5.74, 6) is -1.16. The molecule has 9 heteroatoms. The van der Waals surface area contributed by atoms with Crippen molar-refractivity contribution in [3.8, 4) is 11.5 Å². The summed E-state index contributed by atoms with van der Waals surface area (Å²) in [5.41, 5.74) is 0.978. The Kier molecular flexibility index (Phi) is 5.91. The van der Waals surface area contributed by atoms with Crippen LogP contribution in [-0.4, -0.2) is 43.2 Å². The van der Waals surface area contributed by atoms with E-state index in [0.717, 1.165) is 17.3 Å². The Morgan fingerprint density at radius 1 is 1.17 bits per heavy atom. The molecular formula is C21H22N2O7. The first-order valence-electron chi connectivity index (χ1n) is 9.30. The zero-order valence-electron chi connectivity index (χ0n) is 17.1. The number of amides is 1. The Morgan fingerprint density at radius 3 is 2.43 bits per heavy atom. The van der Waals surface area contributed by atoms with Crippen molar-refractivity contribution in [1.82, 2.24) is 0 Å². The molecule has 0 spiro atoms. The highest BCUT2D eigenvalue weighted by atomic mass is 16.6. The van der Waals surface area contributed by atoms with E-state index < -0.39 is 28.6 Å². The lowest BCUT2D eigenvalue weighted by atomic mass is 10.1. The number of methoxy groups -OCH3 is 2. The molecule has 0 N–H and O–H groups in total.